The Balaban J connectivity index is 1.72. The predicted molar refractivity (Wildman–Crippen MR) is 112 cm³/mol. The number of fused-ring (bicyclic) bond motifs is 1. The fraction of sp³-hybridized carbons (Fsp3) is 0.143. The Morgan fingerprint density at radius 1 is 1.17 bits per heavy atom. The van der Waals surface area contributed by atoms with E-state index in [1.165, 1.54) is 6.92 Å². The topological polar surface area (TPSA) is 86.1 Å². The first-order valence-electron chi connectivity index (χ1n) is 8.90. The Morgan fingerprint density at radius 2 is 1.93 bits per heavy atom. The number of ether oxygens (including phenoxy) is 1. The fourth-order valence-electron chi connectivity index (χ4n) is 3.13. The van der Waals surface area contributed by atoms with Crippen LogP contribution in [0.2, 0.25) is 0 Å². The van der Waals surface area contributed by atoms with Crippen molar-refractivity contribution < 1.29 is 14.3 Å². The first kappa shape index (κ1) is 18.8. The van der Waals surface area contributed by atoms with Crippen LogP contribution in [0.5, 0.6) is 5.75 Å². The van der Waals surface area contributed by atoms with Crippen LogP contribution in [0.25, 0.3) is 21.6 Å². The molecule has 1 N–H and O–H groups in total. The number of aryl methyl sites for hydroxylation is 2. The van der Waals surface area contributed by atoms with Gasteiger partial charge in [-0.05, 0) is 48.7 Å². The Labute approximate surface area is 171 Å². The third-order valence-electron chi connectivity index (χ3n) is 4.35. The van der Waals surface area contributed by atoms with Crippen molar-refractivity contribution in [3.05, 3.63) is 59.1 Å². The number of carbonyl (C=O) groups excluding carboxylic acids is 2. The molecule has 1 aromatic carbocycles. The minimum absolute atomic E-state index is 0.165. The van der Waals surface area contributed by atoms with Crippen molar-refractivity contribution in [1.29, 1.82) is 0 Å². The summed E-state index contributed by atoms with van der Waals surface area (Å²) in [5.74, 6) is -0.269. The maximum atomic E-state index is 13.0. The van der Waals surface area contributed by atoms with Crippen molar-refractivity contribution in [2.45, 2.75) is 13.8 Å². The molecule has 0 aliphatic rings. The molecule has 146 valence electrons. The van der Waals surface area contributed by atoms with E-state index < -0.39 is 5.97 Å². The van der Waals surface area contributed by atoms with Gasteiger partial charge in [0, 0.05) is 19.7 Å². The number of rotatable bonds is 4. The van der Waals surface area contributed by atoms with Gasteiger partial charge in [0.15, 0.2) is 5.65 Å². The van der Waals surface area contributed by atoms with Gasteiger partial charge in [-0.1, -0.05) is 6.07 Å². The Bertz CT molecular complexity index is 1210. The number of anilines is 1. The lowest BCUT2D eigenvalue weighted by atomic mass is 10.1. The van der Waals surface area contributed by atoms with E-state index in [0.717, 1.165) is 4.88 Å². The van der Waals surface area contributed by atoms with Gasteiger partial charge in [0.2, 0.25) is 5.91 Å². The average molecular weight is 406 g/mol. The highest BCUT2D eigenvalue weighted by atomic mass is 32.1. The van der Waals surface area contributed by atoms with E-state index in [1.54, 1.807) is 53.4 Å². The van der Waals surface area contributed by atoms with Crippen molar-refractivity contribution in [3.63, 3.8) is 0 Å². The van der Waals surface area contributed by atoms with Crippen LogP contribution in [-0.2, 0) is 11.8 Å². The van der Waals surface area contributed by atoms with Gasteiger partial charge < -0.3 is 10.1 Å². The molecule has 0 saturated carbocycles. The van der Waals surface area contributed by atoms with Gasteiger partial charge in [-0.3, -0.25) is 9.48 Å². The first-order chi connectivity index (χ1) is 13.9. The summed E-state index contributed by atoms with van der Waals surface area (Å²) in [5, 5.41) is 9.72. The molecule has 0 bridgehead atoms. The second-order valence-electron chi connectivity index (χ2n) is 6.54. The van der Waals surface area contributed by atoms with Crippen LogP contribution in [0, 0.1) is 6.92 Å². The molecule has 0 unspecified atom stereocenters. The van der Waals surface area contributed by atoms with E-state index in [9.17, 15) is 9.59 Å². The van der Waals surface area contributed by atoms with Crippen LogP contribution >= 0.6 is 11.3 Å². The van der Waals surface area contributed by atoms with Gasteiger partial charge in [-0.15, -0.1) is 11.3 Å². The minimum Gasteiger partial charge on any atom is -0.423 e. The largest absolute Gasteiger partial charge is 0.423 e. The van der Waals surface area contributed by atoms with Crippen LogP contribution in [-0.4, -0.2) is 26.6 Å². The second kappa shape index (κ2) is 7.48. The first-order valence-corrected chi connectivity index (χ1v) is 9.78. The monoisotopic (exact) mass is 406 g/mol. The summed E-state index contributed by atoms with van der Waals surface area (Å²) in [7, 11) is 1.80. The van der Waals surface area contributed by atoms with E-state index in [0.29, 0.717) is 39.4 Å². The maximum Gasteiger partial charge on any atom is 0.344 e. The maximum absolute atomic E-state index is 13.0. The Kier molecular flexibility index (Phi) is 4.85. The zero-order valence-electron chi connectivity index (χ0n) is 16.1. The lowest BCUT2D eigenvalue weighted by Crippen LogP contribution is -2.10. The van der Waals surface area contributed by atoms with Gasteiger partial charge in [0.25, 0.3) is 0 Å². The molecule has 0 saturated heterocycles. The molecule has 3 heterocycles. The van der Waals surface area contributed by atoms with Crippen molar-refractivity contribution in [1.82, 2.24) is 14.8 Å². The lowest BCUT2D eigenvalue weighted by molar-refractivity contribution is -0.114. The highest BCUT2D eigenvalue weighted by molar-refractivity contribution is 7.13. The normalized spacial score (nSPS) is 10.9. The zero-order valence-corrected chi connectivity index (χ0v) is 16.9. The number of aromatic nitrogens is 3. The van der Waals surface area contributed by atoms with E-state index in [-0.39, 0.29) is 5.91 Å². The average Bonchev–Trinajstić information content (AvgIpc) is 3.31. The summed E-state index contributed by atoms with van der Waals surface area (Å²) in [5.41, 5.74) is 3.08. The Hall–Kier alpha value is -3.52. The van der Waals surface area contributed by atoms with E-state index in [1.807, 2.05) is 24.4 Å². The summed E-state index contributed by atoms with van der Waals surface area (Å²) in [6.45, 7) is 3.28. The van der Waals surface area contributed by atoms with E-state index in [4.69, 9.17) is 9.72 Å². The quantitative estimate of drug-likeness (QED) is 0.406. The molecule has 4 rings (SSSR count). The number of thiophene rings is 1. The van der Waals surface area contributed by atoms with Gasteiger partial charge in [0.05, 0.1) is 27.2 Å². The highest BCUT2D eigenvalue weighted by Crippen LogP contribution is 2.30. The third kappa shape index (κ3) is 3.74. The van der Waals surface area contributed by atoms with Crippen LogP contribution in [0.4, 0.5) is 5.69 Å². The molecule has 0 aliphatic carbocycles. The molecule has 3 aromatic heterocycles. The molecule has 7 nitrogen and oxygen atoms in total. The summed E-state index contributed by atoms with van der Waals surface area (Å²) >= 11 is 1.55. The molecular weight excluding hydrogens is 388 g/mol. The minimum atomic E-state index is -0.487. The number of nitrogens with one attached hydrogen (secondary N) is 1. The predicted octanol–water partition coefficient (Wildman–Crippen LogP) is 4.18. The van der Waals surface area contributed by atoms with Crippen molar-refractivity contribution in [2.75, 3.05) is 5.32 Å². The van der Waals surface area contributed by atoms with Crippen LogP contribution in [0.1, 0.15) is 23.0 Å². The number of carbonyl (C=O) groups is 2. The van der Waals surface area contributed by atoms with Gasteiger partial charge in [-0.25, -0.2) is 9.78 Å². The van der Waals surface area contributed by atoms with Crippen molar-refractivity contribution in [2.24, 2.45) is 7.05 Å². The molecule has 0 aliphatic heterocycles. The van der Waals surface area contributed by atoms with Gasteiger partial charge >= 0.3 is 5.97 Å². The van der Waals surface area contributed by atoms with Crippen LogP contribution in [0.3, 0.4) is 0 Å². The number of hydrogen-bond acceptors (Lipinski definition) is 6. The van der Waals surface area contributed by atoms with Crippen LogP contribution < -0.4 is 10.1 Å². The van der Waals surface area contributed by atoms with Crippen molar-refractivity contribution in [3.8, 4) is 16.3 Å². The molecule has 0 spiro atoms. The zero-order chi connectivity index (χ0) is 20.5. The van der Waals surface area contributed by atoms with E-state index >= 15 is 0 Å². The summed E-state index contributed by atoms with van der Waals surface area (Å²) in [4.78, 5) is 29.8. The summed E-state index contributed by atoms with van der Waals surface area (Å²) in [6, 6.07) is 12.3. The number of pyridine rings is 1. The highest BCUT2D eigenvalue weighted by Gasteiger charge is 2.21. The van der Waals surface area contributed by atoms with E-state index in [2.05, 4.69) is 10.4 Å². The standard InChI is InChI=1S/C21H18N4O3S/c1-12-19-16(21(27)28-15-8-6-14(7-9-15)22-13(2)26)11-17(18-5-4-10-29-18)23-20(19)25(3)24-12/h4-11H,1-3H3,(H,22,26). The van der Waals surface area contributed by atoms with Gasteiger partial charge in [-0.2, -0.15) is 5.10 Å². The summed E-state index contributed by atoms with van der Waals surface area (Å²) in [6.07, 6.45) is 0. The molecule has 0 fully saturated rings. The molecule has 0 radical (unpaired) electrons. The van der Waals surface area contributed by atoms with Gasteiger partial charge in [0.1, 0.15) is 5.75 Å². The number of hydrogen-bond donors (Lipinski definition) is 1. The lowest BCUT2D eigenvalue weighted by Gasteiger charge is -2.09. The smallest absolute Gasteiger partial charge is 0.344 e. The second-order valence-corrected chi connectivity index (χ2v) is 7.48. The number of benzene rings is 1. The molecule has 29 heavy (non-hydrogen) atoms. The summed E-state index contributed by atoms with van der Waals surface area (Å²) < 4.78 is 7.26. The fourth-order valence-corrected chi connectivity index (χ4v) is 3.81. The molecule has 0 atom stereocenters. The SMILES string of the molecule is CC(=O)Nc1ccc(OC(=O)c2cc(-c3cccs3)nc3c2c(C)nn3C)cc1. The number of nitrogens with zero attached hydrogens (tertiary/aromatic N) is 3. The molecule has 1 amide bonds. The number of esters is 1. The van der Waals surface area contributed by atoms with Crippen molar-refractivity contribution >= 4 is 39.9 Å². The van der Waals surface area contributed by atoms with Crippen LogP contribution in [0.15, 0.2) is 47.8 Å². The molecule has 8 heteroatoms. The Morgan fingerprint density at radius 3 is 2.59 bits per heavy atom. The third-order valence-corrected chi connectivity index (χ3v) is 5.24. The molecule has 4 aromatic rings. The number of amides is 1. The molecular formula is C21H18N4O3S.